The highest BCUT2D eigenvalue weighted by Gasteiger charge is 2.28. The van der Waals surface area contributed by atoms with E-state index in [1.807, 2.05) is 32.9 Å². The third-order valence-electron chi connectivity index (χ3n) is 4.49. The molecule has 2 amide bonds. The van der Waals surface area contributed by atoms with Gasteiger partial charge in [0, 0.05) is 23.4 Å². The molecule has 2 aromatic carbocycles. The van der Waals surface area contributed by atoms with E-state index in [2.05, 4.69) is 5.32 Å². The fourth-order valence-corrected chi connectivity index (χ4v) is 4.00. The highest BCUT2D eigenvalue weighted by atomic mass is 35.5. The Hall–Kier alpha value is -2.05. The van der Waals surface area contributed by atoms with Gasteiger partial charge in [-0.25, -0.2) is 4.39 Å². The van der Waals surface area contributed by atoms with E-state index in [1.165, 1.54) is 23.9 Å². The van der Waals surface area contributed by atoms with E-state index in [4.69, 9.17) is 11.6 Å². The first-order valence-corrected chi connectivity index (χ1v) is 11.5. The summed E-state index contributed by atoms with van der Waals surface area (Å²) in [6, 6.07) is 13.0. The number of hydrogen-bond acceptors (Lipinski definition) is 3. The Morgan fingerprint density at radius 2 is 1.67 bits per heavy atom. The van der Waals surface area contributed by atoms with E-state index in [0.29, 0.717) is 23.7 Å². The Kier molecular flexibility index (Phi) is 9.66. The molecule has 1 atom stereocenters. The van der Waals surface area contributed by atoms with Crippen molar-refractivity contribution < 1.29 is 14.0 Å². The SMILES string of the molecule is CCC(C(=O)NC(C)C)N(Cc1ccc(Cl)cc1)C(=O)CSCc1ccc(F)cc1. The summed E-state index contributed by atoms with van der Waals surface area (Å²) < 4.78 is 13.1. The van der Waals surface area contributed by atoms with Gasteiger partial charge >= 0.3 is 0 Å². The van der Waals surface area contributed by atoms with Crippen LogP contribution in [0.4, 0.5) is 4.39 Å². The van der Waals surface area contributed by atoms with Crippen LogP contribution in [0.2, 0.25) is 5.02 Å². The topological polar surface area (TPSA) is 49.4 Å². The van der Waals surface area contributed by atoms with Crippen LogP contribution in [0.25, 0.3) is 0 Å². The Balaban J connectivity index is 2.11. The van der Waals surface area contributed by atoms with Gasteiger partial charge in [0.15, 0.2) is 0 Å². The predicted octanol–water partition coefficient (Wildman–Crippen LogP) is 5.04. The number of hydrogen-bond donors (Lipinski definition) is 1. The smallest absolute Gasteiger partial charge is 0.243 e. The van der Waals surface area contributed by atoms with Gasteiger partial charge in [-0.2, -0.15) is 0 Å². The Labute approximate surface area is 187 Å². The summed E-state index contributed by atoms with van der Waals surface area (Å²) in [5.41, 5.74) is 1.86. The zero-order valence-corrected chi connectivity index (χ0v) is 19.1. The van der Waals surface area contributed by atoms with E-state index < -0.39 is 6.04 Å². The van der Waals surface area contributed by atoms with Crippen LogP contribution in [0.5, 0.6) is 0 Å². The molecule has 0 saturated heterocycles. The quantitative estimate of drug-likeness (QED) is 0.551. The van der Waals surface area contributed by atoms with Gasteiger partial charge < -0.3 is 10.2 Å². The molecule has 0 heterocycles. The lowest BCUT2D eigenvalue weighted by Crippen LogP contribution is -2.50. The molecule has 0 radical (unpaired) electrons. The maximum atomic E-state index is 13.1. The van der Waals surface area contributed by atoms with Crippen molar-refractivity contribution in [1.82, 2.24) is 10.2 Å². The molecule has 30 heavy (non-hydrogen) atoms. The second-order valence-corrected chi connectivity index (χ2v) is 8.78. The van der Waals surface area contributed by atoms with Crippen LogP contribution in [-0.2, 0) is 21.9 Å². The van der Waals surface area contributed by atoms with Crippen molar-refractivity contribution in [3.8, 4) is 0 Å². The van der Waals surface area contributed by atoms with Crippen LogP contribution in [0, 0.1) is 5.82 Å². The van der Waals surface area contributed by atoms with Crippen molar-refractivity contribution in [2.75, 3.05) is 5.75 Å². The van der Waals surface area contributed by atoms with E-state index in [-0.39, 0.29) is 29.4 Å². The first kappa shape index (κ1) is 24.2. The summed E-state index contributed by atoms with van der Waals surface area (Å²) in [5.74, 6) is 0.281. The molecular weight excluding hydrogens is 423 g/mol. The monoisotopic (exact) mass is 450 g/mol. The minimum absolute atomic E-state index is 0.00751. The molecule has 7 heteroatoms. The van der Waals surface area contributed by atoms with Crippen LogP contribution in [0.1, 0.15) is 38.3 Å². The molecule has 1 N–H and O–H groups in total. The highest BCUT2D eigenvalue weighted by Crippen LogP contribution is 2.19. The number of benzene rings is 2. The Bertz CT molecular complexity index is 828. The van der Waals surface area contributed by atoms with Crippen molar-refractivity contribution in [3.63, 3.8) is 0 Å². The molecule has 0 fully saturated rings. The summed E-state index contributed by atoms with van der Waals surface area (Å²) in [4.78, 5) is 27.5. The molecule has 0 aromatic heterocycles. The number of nitrogens with one attached hydrogen (secondary N) is 1. The van der Waals surface area contributed by atoms with Gasteiger partial charge in [0.25, 0.3) is 0 Å². The minimum atomic E-state index is -0.554. The van der Waals surface area contributed by atoms with Gasteiger partial charge in [-0.3, -0.25) is 9.59 Å². The van der Waals surface area contributed by atoms with Crippen molar-refractivity contribution in [2.24, 2.45) is 0 Å². The molecule has 0 aliphatic rings. The summed E-state index contributed by atoms with van der Waals surface area (Å²) >= 11 is 7.42. The third kappa shape index (κ3) is 7.65. The van der Waals surface area contributed by atoms with Gasteiger partial charge in [-0.05, 0) is 55.7 Å². The average molecular weight is 451 g/mol. The van der Waals surface area contributed by atoms with E-state index in [0.717, 1.165) is 11.1 Å². The maximum absolute atomic E-state index is 13.1. The lowest BCUT2D eigenvalue weighted by molar-refractivity contribution is -0.139. The molecule has 1 unspecified atom stereocenters. The zero-order chi connectivity index (χ0) is 22.1. The normalized spacial score (nSPS) is 11.9. The number of rotatable bonds is 10. The molecule has 2 aromatic rings. The van der Waals surface area contributed by atoms with Gasteiger partial charge in [0.1, 0.15) is 11.9 Å². The van der Waals surface area contributed by atoms with Crippen molar-refractivity contribution in [3.05, 3.63) is 70.5 Å². The second-order valence-electron chi connectivity index (χ2n) is 7.35. The van der Waals surface area contributed by atoms with Crippen LogP contribution in [-0.4, -0.2) is 34.6 Å². The largest absolute Gasteiger partial charge is 0.352 e. The molecule has 0 bridgehead atoms. The number of carbonyl (C=O) groups is 2. The van der Waals surface area contributed by atoms with Crippen LogP contribution < -0.4 is 5.32 Å². The number of halogens is 2. The van der Waals surface area contributed by atoms with Crippen LogP contribution in [0.3, 0.4) is 0 Å². The average Bonchev–Trinajstić information content (AvgIpc) is 2.70. The molecule has 2 rings (SSSR count). The lowest BCUT2D eigenvalue weighted by Gasteiger charge is -2.31. The van der Waals surface area contributed by atoms with Crippen LogP contribution >= 0.6 is 23.4 Å². The number of nitrogens with zero attached hydrogens (tertiary/aromatic N) is 1. The summed E-state index contributed by atoms with van der Waals surface area (Å²) in [6.07, 6.45) is 0.514. The lowest BCUT2D eigenvalue weighted by atomic mass is 10.1. The molecule has 0 aliphatic carbocycles. The molecular formula is C23H28ClFN2O2S. The summed E-state index contributed by atoms with van der Waals surface area (Å²) in [7, 11) is 0. The fraction of sp³-hybridized carbons (Fsp3) is 0.391. The molecule has 0 spiro atoms. The molecule has 0 aliphatic heterocycles. The second kappa shape index (κ2) is 12.0. The number of thioether (sulfide) groups is 1. The Morgan fingerprint density at radius 1 is 1.07 bits per heavy atom. The van der Waals surface area contributed by atoms with E-state index >= 15 is 0 Å². The zero-order valence-electron chi connectivity index (χ0n) is 17.5. The van der Waals surface area contributed by atoms with Crippen LogP contribution in [0.15, 0.2) is 48.5 Å². The van der Waals surface area contributed by atoms with Crippen molar-refractivity contribution in [1.29, 1.82) is 0 Å². The molecule has 0 saturated carbocycles. The fourth-order valence-electron chi connectivity index (χ4n) is 3.01. The first-order valence-electron chi connectivity index (χ1n) is 9.96. The maximum Gasteiger partial charge on any atom is 0.243 e. The molecule has 162 valence electrons. The Morgan fingerprint density at radius 3 is 2.23 bits per heavy atom. The summed E-state index contributed by atoms with van der Waals surface area (Å²) in [5, 5.41) is 3.54. The van der Waals surface area contributed by atoms with Gasteiger partial charge in [0.2, 0.25) is 11.8 Å². The first-order chi connectivity index (χ1) is 14.3. The predicted molar refractivity (Wildman–Crippen MR) is 122 cm³/mol. The molecule has 4 nitrogen and oxygen atoms in total. The number of carbonyl (C=O) groups excluding carboxylic acids is 2. The van der Waals surface area contributed by atoms with E-state index in [1.54, 1.807) is 29.2 Å². The third-order valence-corrected chi connectivity index (χ3v) is 5.73. The summed E-state index contributed by atoms with van der Waals surface area (Å²) in [6.45, 7) is 6.03. The van der Waals surface area contributed by atoms with Crippen molar-refractivity contribution >= 4 is 35.2 Å². The highest BCUT2D eigenvalue weighted by molar-refractivity contribution is 7.99. The van der Waals surface area contributed by atoms with Gasteiger partial charge in [0.05, 0.1) is 5.75 Å². The van der Waals surface area contributed by atoms with E-state index in [9.17, 15) is 14.0 Å². The minimum Gasteiger partial charge on any atom is -0.352 e. The van der Waals surface area contributed by atoms with Crippen molar-refractivity contribution in [2.45, 2.75) is 51.6 Å². The standard InChI is InChI=1S/C23H28ClFN2O2S/c1-4-21(23(29)26-16(2)3)27(13-17-5-9-19(24)10-6-17)22(28)15-30-14-18-7-11-20(25)12-8-18/h5-12,16,21H,4,13-15H2,1-3H3,(H,26,29). The van der Waals surface area contributed by atoms with Gasteiger partial charge in [-0.15, -0.1) is 11.8 Å². The van der Waals surface area contributed by atoms with Gasteiger partial charge in [-0.1, -0.05) is 42.8 Å². The number of amides is 2.